The molecule has 3 rings (SSSR count). The van der Waals surface area contributed by atoms with Crippen LogP contribution in [0.4, 0.5) is 4.39 Å². The van der Waals surface area contributed by atoms with E-state index in [0.29, 0.717) is 13.0 Å². The lowest BCUT2D eigenvalue weighted by Crippen LogP contribution is -2.45. The van der Waals surface area contributed by atoms with Gasteiger partial charge in [-0.2, -0.15) is 0 Å². The number of amides is 1. The predicted molar refractivity (Wildman–Crippen MR) is 79.3 cm³/mol. The number of fused-ring (bicyclic) bond motifs is 1. The molecular weight excluding hydrogens is 323 g/mol. The van der Waals surface area contributed by atoms with Gasteiger partial charge < -0.3 is 10.6 Å². The summed E-state index contributed by atoms with van der Waals surface area (Å²) >= 11 is 3.46. The zero-order chi connectivity index (χ0) is 14.3. The van der Waals surface area contributed by atoms with Gasteiger partial charge in [-0.15, -0.1) is 0 Å². The van der Waals surface area contributed by atoms with E-state index < -0.39 is 12.2 Å². The van der Waals surface area contributed by atoms with E-state index in [9.17, 15) is 9.18 Å². The van der Waals surface area contributed by atoms with Crippen LogP contribution in [0.1, 0.15) is 29.9 Å². The lowest BCUT2D eigenvalue weighted by atomic mass is 9.93. The van der Waals surface area contributed by atoms with Gasteiger partial charge in [-0.05, 0) is 42.5 Å². The van der Waals surface area contributed by atoms with Crippen LogP contribution in [-0.2, 0) is 11.2 Å². The molecule has 0 bridgehead atoms. The molecule has 1 aromatic carbocycles. The molecule has 20 heavy (non-hydrogen) atoms. The molecule has 2 N–H and O–H groups in total. The normalized spacial score (nSPS) is 26.6. The number of likely N-dealkylation sites (tertiary alicyclic amines) is 1. The van der Waals surface area contributed by atoms with E-state index in [2.05, 4.69) is 22.0 Å². The van der Waals surface area contributed by atoms with Gasteiger partial charge in [0.25, 0.3) is 0 Å². The third kappa shape index (κ3) is 2.49. The summed E-state index contributed by atoms with van der Waals surface area (Å²) in [5, 5.41) is 0. The Labute approximate surface area is 126 Å². The molecule has 0 saturated carbocycles. The van der Waals surface area contributed by atoms with Crippen LogP contribution in [0.15, 0.2) is 22.7 Å². The number of nitrogens with two attached hydrogens (primary N) is 1. The van der Waals surface area contributed by atoms with Crippen LogP contribution in [0.25, 0.3) is 0 Å². The topological polar surface area (TPSA) is 46.3 Å². The molecule has 1 amide bonds. The number of halogens is 2. The summed E-state index contributed by atoms with van der Waals surface area (Å²) in [4.78, 5) is 14.0. The Hall–Kier alpha value is -0.940. The molecule has 1 heterocycles. The zero-order valence-corrected chi connectivity index (χ0v) is 12.8. The molecule has 1 aliphatic heterocycles. The fourth-order valence-corrected chi connectivity index (χ4v) is 3.70. The number of alkyl halides is 1. The molecule has 1 fully saturated rings. The molecule has 108 valence electrons. The molecule has 5 heteroatoms. The number of carbonyl (C=O) groups excluding carboxylic acids is 1. The van der Waals surface area contributed by atoms with Crippen molar-refractivity contribution in [1.82, 2.24) is 4.90 Å². The number of hydrogen-bond donors (Lipinski definition) is 1. The van der Waals surface area contributed by atoms with Crippen LogP contribution < -0.4 is 5.73 Å². The predicted octanol–water partition coefficient (Wildman–Crippen LogP) is 2.38. The summed E-state index contributed by atoms with van der Waals surface area (Å²) in [6.07, 6.45) is 1.39. The second-order valence-electron chi connectivity index (χ2n) is 5.68. The van der Waals surface area contributed by atoms with Gasteiger partial charge in [0.05, 0.1) is 12.6 Å². The van der Waals surface area contributed by atoms with Crippen molar-refractivity contribution in [3.8, 4) is 0 Å². The number of benzene rings is 1. The molecule has 0 spiro atoms. The van der Waals surface area contributed by atoms with Crippen LogP contribution >= 0.6 is 15.9 Å². The fourth-order valence-electron chi connectivity index (χ4n) is 3.29. The Bertz CT molecular complexity index is 537. The van der Waals surface area contributed by atoms with Gasteiger partial charge in [0.2, 0.25) is 5.91 Å². The van der Waals surface area contributed by atoms with E-state index >= 15 is 0 Å². The number of aryl methyl sites for hydroxylation is 1. The van der Waals surface area contributed by atoms with Crippen LogP contribution in [0.3, 0.4) is 0 Å². The van der Waals surface area contributed by atoms with Gasteiger partial charge >= 0.3 is 0 Å². The molecule has 3 nitrogen and oxygen atoms in total. The average Bonchev–Trinajstić information content (AvgIpc) is 3.02. The molecular formula is C15H18BrFN2O. The first-order chi connectivity index (χ1) is 9.56. The zero-order valence-electron chi connectivity index (χ0n) is 11.2. The third-order valence-electron chi connectivity index (χ3n) is 4.39. The van der Waals surface area contributed by atoms with Gasteiger partial charge in [-0.3, -0.25) is 4.79 Å². The third-order valence-corrected chi connectivity index (χ3v) is 4.88. The van der Waals surface area contributed by atoms with Crippen LogP contribution in [-0.4, -0.2) is 36.1 Å². The summed E-state index contributed by atoms with van der Waals surface area (Å²) in [6.45, 7) is 0.695. The molecule has 0 unspecified atom stereocenters. The first kappa shape index (κ1) is 14.0. The largest absolute Gasteiger partial charge is 0.338 e. The number of nitrogens with zero attached hydrogens (tertiary/aromatic N) is 1. The summed E-state index contributed by atoms with van der Waals surface area (Å²) < 4.78 is 14.3. The summed E-state index contributed by atoms with van der Waals surface area (Å²) in [6, 6.07) is 5.58. The molecule has 0 aromatic heterocycles. The Kier molecular flexibility index (Phi) is 3.82. The van der Waals surface area contributed by atoms with E-state index in [4.69, 9.17) is 5.73 Å². The van der Waals surface area contributed by atoms with Crippen molar-refractivity contribution in [2.45, 2.75) is 37.4 Å². The molecule has 3 atom stereocenters. The average molecular weight is 341 g/mol. The van der Waals surface area contributed by atoms with E-state index in [1.807, 2.05) is 12.1 Å². The Balaban J connectivity index is 1.76. The molecule has 0 radical (unpaired) electrons. The van der Waals surface area contributed by atoms with Crippen molar-refractivity contribution in [3.63, 3.8) is 0 Å². The minimum Gasteiger partial charge on any atom is -0.338 e. The standard InChI is InChI=1S/C15H18BrFN2O/c16-10-2-4-12-9(7-10)1-3-13(12)14(18)15(20)19-6-5-11(17)8-19/h2,4,7,11,13-14H,1,3,5-6,8,18H2/t11-,13-,14-/m0/s1. The van der Waals surface area contributed by atoms with Crippen molar-refractivity contribution < 1.29 is 9.18 Å². The fraction of sp³-hybridized carbons (Fsp3) is 0.533. The summed E-state index contributed by atoms with van der Waals surface area (Å²) in [7, 11) is 0. The van der Waals surface area contributed by atoms with Crippen LogP contribution in [0, 0.1) is 0 Å². The van der Waals surface area contributed by atoms with Gasteiger partial charge in [0, 0.05) is 16.9 Å². The summed E-state index contributed by atoms with van der Waals surface area (Å²) in [5.74, 6) is -0.0461. The Morgan fingerprint density at radius 3 is 2.95 bits per heavy atom. The highest BCUT2D eigenvalue weighted by Gasteiger charge is 2.36. The van der Waals surface area contributed by atoms with Crippen molar-refractivity contribution in [2.24, 2.45) is 5.73 Å². The van der Waals surface area contributed by atoms with Gasteiger partial charge in [0.1, 0.15) is 6.17 Å². The first-order valence-corrected chi connectivity index (χ1v) is 7.82. The Morgan fingerprint density at radius 1 is 1.45 bits per heavy atom. The first-order valence-electron chi connectivity index (χ1n) is 7.03. The van der Waals surface area contributed by atoms with E-state index in [1.54, 1.807) is 4.90 Å². The lowest BCUT2D eigenvalue weighted by molar-refractivity contribution is -0.132. The van der Waals surface area contributed by atoms with Crippen molar-refractivity contribution in [3.05, 3.63) is 33.8 Å². The highest BCUT2D eigenvalue weighted by molar-refractivity contribution is 9.10. The maximum atomic E-state index is 13.2. The second-order valence-corrected chi connectivity index (χ2v) is 6.60. The molecule has 1 saturated heterocycles. The smallest absolute Gasteiger partial charge is 0.240 e. The van der Waals surface area contributed by atoms with Crippen LogP contribution in [0.5, 0.6) is 0 Å². The van der Waals surface area contributed by atoms with Gasteiger partial charge in [0.15, 0.2) is 0 Å². The minimum absolute atomic E-state index is 0.0595. The minimum atomic E-state index is -0.891. The summed E-state index contributed by atoms with van der Waals surface area (Å²) in [5.41, 5.74) is 8.61. The highest BCUT2D eigenvalue weighted by atomic mass is 79.9. The highest BCUT2D eigenvalue weighted by Crippen LogP contribution is 2.37. The maximum absolute atomic E-state index is 13.2. The van der Waals surface area contributed by atoms with Crippen molar-refractivity contribution in [1.29, 1.82) is 0 Å². The van der Waals surface area contributed by atoms with E-state index in [-0.39, 0.29) is 18.4 Å². The van der Waals surface area contributed by atoms with E-state index in [0.717, 1.165) is 17.3 Å². The second kappa shape index (κ2) is 5.45. The molecule has 1 aromatic rings. The molecule has 2 aliphatic rings. The SMILES string of the molecule is N[C@H](C(=O)N1CC[C@H](F)C1)[C@H]1CCc2cc(Br)ccc21. The molecule has 1 aliphatic carbocycles. The maximum Gasteiger partial charge on any atom is 0.240 e. The number of carbonyl (C=O) groups is 1. The van der Waals surface area contributed by atoms with Crippen molar-refractivity contribution in [2.75, 3.05) is 13.1 Å². The quantitative estimate of drug-likeness (QED) is 0.898. The van der Waals surface area contributed by atoms with Crippen molar-refractivity contribution >= 4 is 21.8 Å². The van der Waals surface area contributed by atoms with Crippen LogP contribution in [0.2, 0.25) is 0 Å². The number of hydrogen-bond acceptors (Lipinski definition) is 2. The van der Waals surface area contributed by atoms with E-state index in [1.165, 1.54) is 11.1 Å². The monoisotopic (exact) mass is 340 g/mol. The Morgan fingerprint density at radius 2 is 2.25 bits per heavy atom. The van der Waals surface area contributed by atoms with Gasteiger partial charge in [-0.25, -0.2) is 4.39 Å². The van der Waals surface area contributed by atoms with Gasteiger partial charge in [-0.1, -0.05) is 22.0 Å². The number of rotatable bonds is 2. The lowest BCUT2D eigenvalue weighted by Gasteiger charge is -2.25.